The van der Waals surface area contributed by atoms with Gasteiger partial charge in [0.05, 0.1) is 5.71 Å². The van der Waals surface area contributed by atoms with Crippen LogP contribution in [0.3, 0.4) is 0 Å². The molecule has 2 N–H and O–H groups in total. The molecule has 1 aliphatic rings. The molecule has 1 aliphatic heterocycles. The van der Waals surface area contributed by atoms with E-state index in [2.05, 4.69) is 10.1 Å². The highest BCUT2D eigenvalue weighted by Crippen LogP contribution is 2.33. The number of hydrogen-bond donors (Lipinski definition) is 1. The molecule has 0 fully saturated rings. The number of sulfone groups is 1. The van der Waals surface area contributed by atoms with Crippen LogP contribution in [-0.2, 0) is 14.7 Å². The number of nitrogens with zero attached hydrogens (tertiary/aromatic N) is 2. The molecule has 0 aliphatic carbocycles. The maximum Gasteiger partial charge on any atom is 0.503 e. The van der Waals surface area contributed by atoms with Crippen molar-refractivity contribution >= 4 is 40.4 Å². The zero-order valence-electron chi connectivity index (χ0n) is 15.2. The highest BCUT2D eigenvalue weighted by atomic mass is 35.5. The highest BCUT2D eigenvalue weighted by Gasteiger charge is 2.47. The van der Waals surface area contributed by atoms with Gasteiger partial charge >= 0.3 is 5.51 Å². The van der Waals surface area contributed by atoms with Crippen molar-refractivity contribution in [3.63, 3.8) is 0 Å². The van der Waals surface area contributed by atoms with E-state index < -0.39 is 20.4 Å². The second kappa shape index (κ2) is 10.3. The minimum Gasteiger partial charge on any atom is -0.489 e. The van der Waals surface area contributed by atoms with Gasteiger partial charge in [0.2, 0.25) is 0 Å². The van der Waals surface area contributed by atoms with Crippen LogP contribution in [0.5, 0.6) is 5.75 Å². The van der Waals surface area contributed by atoms with E-state index in [0.29, 0.717) is 29.8 Å². The summed E-state index contributed by atoms with van der Waals surface area (Å²) in [5.41, 5.74) is 1.77. The SMILES string of the molecule is Cl.Cl.NCC1=NOC(COc2ccccc2-c2ccc(S(=O)(=O)C(F)(F)F)nc2)C1. The normalized spacial score (nSPS) is 16.0. The van der Waals surface area contributed by atoms with Gasteiger partial charge in [0.15, 0.2) is 11.1 Å². The molecule has 30 heavy (non-hydrogen) atoms. The summed E-state index contributed by atoms with van der Waals surface area (Å²) in [7, 11) is -5.50. The first kappa shape index (κ1) is 26.0. The second-order valence-corrected chi connectivity index (χ2v) is 7.82. The first-order valence-electron chi connectivity index (χ1n) is 8.13. The van der Waals surface area contributed by atoms with Gasteiger partial charge in [-0.25, -0.2) is 13.4 Å². The third kappa shape index (κ3) is 5.54. The van der Waals surface area contributed by atoms with Gasteiger partial charge in [-0.05, 0) is 18.2 Å². The average molecular weight is 488 g/mol. The van der Waals surface area contributed by atoms with Crippen molar-refractivity contribution < 1.29 is 31.2 Å². The molecule has 1 atom stereocenters. The largest absolute Gasteiger partial charge is 0.503 e. The Kier molecular flexibility index (Phi) is 8.90. The molecule has 0 radical (unpaired) electrons. The molecular formula is C17H18Cl2F3N3O4S. The molecule has 3 rings (SSSR count). The van der Waals surface area contributed by atoms with Crippen molar-refractivity contribution in [2.75, 3.05) is 13.2 Å². The molecule has 7 nitrogen and oxygen atoms in total. The van der Waals surface area contributed by atoms with Crippen LogP contribution in [0.25, 0.3) is 11.1 Å². The van der Waals surface area contributed by atoms with Gasteiger partial charge in [0.1, 0.15) is 12.4 Å². The predicted octanol–water partition coefficient (Wildman–Crippen LogP) is 3.37. The Labute approximate surface area is 183 Å². The van der Waals surface area contributed by atoms with Crippen molar-refractivity contribution in [3.8, 4) is 16.9 Å². The van der Waals surface area contributed by atoms with E-state index in [4.69, 9.17) is 15.3 Å². The van der Waals surface area contributed by atoms with Gasteiger partial charge in [0, 0.05) is 30.3 Å². The van der Waals surface area contributed by atoms with E-state index in [1.165, 1.54) is 6.07 Å². The van der Waals surface area contributed by atoms with Crippen LogP contribution in [0.4, 0.5) is 13.2 Å². The number of para-hydroxylation sites is 1. The van der Waals surface area contributed by atoms with Crippen LogP contribution >= 0.6 is 24.8 Å². The van der Waals surface area contributed by atoms with E-state index in [-0.39, 0.29) is 37.5 Å². The fraction of sp³-hybridized carbons (Fsp3) is 0.294. The lowest BCUT2D eigenvalue weighted by atomic mass is 10.1. The summed E-state index contributed by atoms with van der Waals surface area (Å²) in [6.07, 6.45) is 1.32. The van der Waals surface area contributed by atoms with E-state index in [9.17, 15) is 21.6 Å². The Balaban J connectivity index is 0.00000225. The number of halogens is 5. The number of ether oxygens (including phenoxy) is 1. The van der Waals surface area contributed by atoms with Crippen molar-refractivity contribution in [1.82, 2.24) is 4.98 Å². The number of rotatable bonds is 6. The molecule has 13 heteroatoms. The second-order valence-electron chi connectivity index (χ2n) is 5.93. The molecule has 0 saturated heterocycles. The maximum absolute atomic E-state index is 12.6. The summed E-state index contributed by atoms with van der Waals surface area (Å²) < 4.78 is 66.5. The maximum atomic E-state index is 12.6. The van der Waals surface area contributed by atoms with E-state index in [0.717, 1.165) is 18.0 Å². The van der Waals surface area contributed by atoms with E-state index >= 15 is 0 Å². The van der Waals surface area contributed by atoms with Gasteiger partial charge in [-0.1, -0.05) is 23.4 Å². The van der Waals surface area contributed by atoms with Gasteiger partial charge < -0.3 is 15.3 Å². The van der Waals surface area contributed by atoms with Gasteiger partial charge in [0.25, 0.3) is 9.84 Å². The first-order chi connectivity index (χ1) is 13.2. The van der Waals surface area contributed by atoms with Gasteiger partial charge in [-0.2, -0.15) is 13.2 Å². The lowest BCUT2D eigenvalue weighted by Crippen LogP contribution is -2.24. The molecule has 166 valence electrons. The fourth-order valence-electron chi connectivity index (χ4n) is 2.53. The zero-order valence-corrected chi connectivity index (χ0v) is 17.7. The summed E-state index contributed by atoms with van der Waals surface area (Å²) >= 11 is 0. The van der Waals surface area contributed by atoms with Crippen LogP contribution in [0.1, 0.15) is 6.42 Å². The fourth-order valence-corrected chi connectivity index (χ4v) is 3.20. The molecule has 0 saturated carbocycles. The van der Waals surface area contributed by atoms with Crippen LogP contribution in [0.2, 0.25) is 0 Å². The standard InChI is InChI=1S/C17H16F3N3O4S.2ClH/c18-17(19,20)28(24,25)16-6-5-11(9-22-16)14-3-1-2-4-15(14)26-10-13-7-12(8-21)23-27-13;;/h1-6,9,13H,7-8,10,21H2;2*1H. The molecule has 0 amide bonds. The van der Waals surface area contributed by atoms with Crippen LogP contribution in [0.15, 0.2) is 52.8 Å². The van der Waals surface area contributed by atoms with Gasteiger partial charge in [-0.15, -0.1) is 24.8 Å². The third-order valence-electron chi connectivity index (χ3n) is 3.97. The van der Waals surface area contributed by atoms with Crippen molar-refractivity contribution in [3.05, 3.63) is 42.6 Å². The van der Waals surface area contributed by atoms with Crippen molar-refractivity contribution in [2.45, 2.75) is 23.1 Å². The zero-order chi connectivity index (χ0) is 20.4. The van der Waals surface area contributed by atoms with E-state index in [1.54, 1.807) is 24.3 Å². The lowest BCUT2D eigenvalue weighted by molar-refractivity contribution is -0.0438. The Morgan fingerprint density at radius 2 is 1.87 bits per heavy atom. The number of alkyl halides is 3. The number of pyridine rings is 1. The summed E-state index contributed by atoms with van der Waals surface area (Å²) in [5, 5.41) is 2.77. The van der Waals surface area contributed by atoms with Crippen molar-refractivity contribution in [2.24, 2.45) is 10.9 Å². The topological polar surface area (TPSA) is 104 Å². The molecule has 0 spiro atoms. The summed E-state index contributed by atoms with van der Waals surface area (Å²) in [5.74, 6) is 0.445. The molecule has 2 heterocycles. The summed E-state index contributed by atoms with van der Waals surface area (Å²) in [6.45, 7) is 0.490. The Morgan fingerprint density at radius 1 is 1.17 bits per heavy atom. The Hall–Kier alpha value is -2.08. The third-order valence-corrected chi connectivity index (χ3v) is 5.37. The van der Waals surface area contributed by atoms with Crippen molar-refractivity contribution in [1.29, 1.82) is 0 Å². The molecular weight excluding hydrogens is 470 g/mol. The number of benzene rings is 1. The molecule has 1 unspecified atom stereocenters. The van der Waals surface area contributed by atoms with Crippen LogP contribution in [-0.4, -0.2) is 43.9 Å². The van der Waals surface area contributed by atoms with Crippen LogP contribution in [0, 0.1) is 0 Å². The number of oxime groups is 1. The molecule has 2 aromatic rings. The first-order valence-corrected chi connectivity index (χ1v) is 9.62. The predicted molar refractivity (Wildman–Crippen MR) is 109 cm³/mol. The Bertz CT molecular complexity index is 986. The quantitative estimate of drug-likeness (QED) is 0.669. The van der Waals surface area contributed by atoms with Gasteiger partial charge in [-0.3, -0.25) is 0 Å². The highest BCUT2D eigenvalue weighted by molar-refractivity contribution is 7.92. The Morgan fingerprint density at radius 3 is 2.43 bits per heavy atom. The molecule has 1 aromatic heterocycles. The number of nitrogens with two attached hydrogens (primary N) is 1. The van der Waals surface area contributed by atoms with E-state index in [1.807, 2.05) is 0 Å². The summed E-state index contributed by atoms with van der Waals surface area (Å²) in [4.78, 5) is 8.68. The lowest BCUT2D eigenvalue weighted by Gasteiger charge is -2.14. The monoisotopic (exact) mass is 487 g/mol. The molecule has 0 bridgehead atoms. The number of aromatic nitrogens is 1. The average Bonchev–Trinajstić information content (AvgIpc) is 3.14. The number of hydrogen-bond acceptors (Lipinski definition) is 7. The molecule has 1 aromatic carbocycles. The minimum atomic E-state index is -5.50. The van der Waals surface area contributed by atoms with Crippen LogP contribution < -0.4 is 10.5 Å². The smallest absolute Gasteiger partial charge is 0.489 e. The minimum absolute atomic E-state index is 0. The summed E-state index contributed by atoms with van der Waals surface area (Å²) in [6, 6.07) is 8.86.